The maximum Gasteiger partial charge on any atom is 0.451 e. The molecule has 12 heteroatoms. The summed E-state index contributed by atoms with van der Waals surface area (Å²) < 4.78 is 37.8. The number of non-ortho nitro benzene ring substituents is 1. The summed E-state index contributed by atoms with van der Waals surface area (Å²) in [7, 11) is 0. The van der Waals surface area contributed by atoms with Gasteiger partial charge in [-0.05, 0) is 24.8 Å². The van der Waals surface area contributed by atoms with Crippen LogP contribution in [0.4, 0.5) is 30.5 Å². The van der Waals surface area contributed by atoms with Gasteiger partial charge < -0.3 is 4.90 Å². The normalized spacial score (nSPS) is 15.5. The van der Waals surface area contributed by atoms with E-state index in [4.69, 9.17) is 0 Å². The highest BCUT2D eigenvalue weighted by Crippen LogP contribution is 2.30. The van der Waals surface area contributed by atoms with E-state index in [1.54, 1.807) is 5.10 Å². The number of alkyl halides is 3. The first-order valence-electron chi connectivity index (χ1n) is 8.49. The number of hydrogen-bond acceptors (Lipinski definition) is 6. The summed E-state index contributed by atoms with van der Waals surface area (Å²) in [5.74, 6) is -2.22. The fourth-order valence-corrected chi connectivity index (χ4v) is 2.96. The quantitative estimate of drug-likeness (QED) is 0.603. The number of nitro groups is 1. The Balaban J connectivity index is 1.89. The van der Waals surface area contributed by atoms with Crippen LogP contribution in [0, 0.1) is 16.0 Å². The topological polar surface area (TPSA) is 117 Å². The Morgan fingerprint density at radius 1 is 1.36 bits per heavy atom. The molecule has 1 aliphatic rings. The Hall–Kier alpha value is -3.18. The number of aromatic nitrogens is 3. The summed E-state index contributed by atoms with van der Waals surface area (Å²) in [4.78, 5) is 28.2. The zero-order valence-electron chi connectivity index (χ0n) is 14.8. The van der Waals surface area contributed by atoms with Gasteiger partial charge in [0.1, 0.15) is 0 Å². The average Bonchev–Trinajstić information content (AvgIpc) is 3.11. The molecule has 0 atom stereocenters. The van der Waals surface area contributed by atoms with Crippen molar-refractivity contribution in [1.82, 2.24) is 15.2 Å². The van der Waals surface area contributed by atoms with Gasteiger partial charge in [-0.15, -0.1) is 5.10 Å². The van der Waals surface area contributed by atoms with Crippen LogP contribution in [0.2, 0.25) is 0 Å². The number of anilines is 2. The molecule has 0 unspecified atom stereocenters. The van der Waals surface area contributed by atoms with Crippen molar-refractivity contribution in [3.63, 3.8) is 0 Å². The highest BCUT2D eigenvalue weighted by Gasteiger charge is 2.35. The van der Waals surface area contributed by atoms with E-state index in [1.165, 1.54) is 12.1 Å². The number of benzene rings is 1. The van der Waals surface area contributed by atoms with Gasteiger partial charge in [0, 0.05) is 25.2 Å². The minimum Gasteiger partial charge on any atom is -0.371 e. The number of halogens is 3. The van der Waals surface area contributed by atoms with Crippen molar-refractivity contribution in [1.29, 1.82) is 0 Å². The van der Waals surface area contributed by atoms with Gasteiger partial charge in [0.2, 0.25) is 11.8 Å². The molecule has 0 aliphatic carbocycles. The predicted octanol–water partition coefficient (Wildman–Crippen LogP) is 3.22. The number of nitro benzene ring substituents is 1. The minimum absolute atomic E-state index is 0.0258. The molecule has 0 saturated carbocycles. The van der Waals surface area contributed by atoms with Gasteiger partial charge in [0.05, 0.1) is 16.2 Å². The van der Waals surface area contributed by atoms with E-state index in [0.29, 0.717) is 24.7 Å². The number of nitrogens with zero attached hydrogens (tertiary/aromatic N) is 4. The van der Waals surface area contributed by atoms with Gasteiger partial charge >= 0.3 is 6.18 Å². The van der Waals surface area contributed by atoms with Crippen LogP contribution in [-0.2, 0) is 6.18 Å². The summed E-state index contributed by atoms with van der Waals surface area (Å²) in [6.45, 7) is 3.44. The summed E-state index contributed by atoms with van der Waals surface area (Å²) in [6.07, 6.45) is -2.95. The zero-order valence-corrected chi connectivity index (χ0v) is 14.8. The molecule has 28 heavy (non-hydrogen) atoms. The Kier molecular flexibility index (Phi) is 5.21. The van der Waals surface area contributed by atoms with Crippen molar-refractivity contribution in [3.8, 4) is 0 Å². The van der Waals surface area contributed by atoms with Gasteiger partial charge in [-0.25, -0.2) is 0 Å². The average molecular weight is 398 g/mol. The molecule has 1 aromatic heterocycles. The number of hydrogen-bond donors (Lipinski definition) is 2. The number of amides is 1. The van der Waals surface area contributed by atoms with Crippen LogP contribution in [0.15, 0.2) is 18.2 Å². The first-order valence-corrected chi connectivity index (χ1v) is 8.49. The van der Waals surface area contributed by atoms with Crippen LogP contribution >= 0.6 is 0 Å². The van der Waals surface area contributed by atoms with Crippen molar-refractivity contribution in [2.75, 3.05) is 23.3 Å². The van der Waals surface area contributed by atoms with Gasteiger partial charge in [0.25, 0.3) is 11.6 Å². The summed E-state index contributed by atoms with van der Waals surface area (Å²) in [5, 5.41) is 18.3. The van der Waals surface area contributed by atoms with Crippen molar-refractivity contribution >= 4 is 23.2 Å². The van der Waals surface area contributed by atoms with E-state index < -0.39 is 28.8 Å². The van der Waals surface area contributed by atoms with E-state index in [9.17, 15) is 28.1 Å². The highest BCUT2D eigenvalue weighted by atomic mass is 19.4. The lowest BCUT2D eigenvalue weighted by atomic mass is 9.98. The van der Waals surface area contributed by atoms with E-state index >= 15 is 0 Å². The molecule has 3 rings (SSSR count). The fraction of sp³-hybridized carbons (Fsp3) is 0.438. The molecule has 1 aromatic carbocycles. The molecular weight excluding hydrogens is 381 g/mol. The van der Waals surface area contributed by atoms with Gasteiger partial charge in [-0.1, -0.05) is 6.92 Å². The molecule has 0 bridgehead atoms. The smallest absolute Gasteiger partial charge is 0.371 e. The second kappa shape index (κ2) is 7.44. The van der Waals surface area contributed by atoms with Crippen LogP contribution in [0.25, 0.3) is 0 Å². The molecule has 2 heterocycles. The molecular formula is C16H17F3N6O3. The van der Waals surface area contributed by atoms with Crippen LogP contribution < -0.4 is 10.2 Å². The summed E-state index contributed by atoms with van der Waals surface area (Å²) >= 11 is 0. The van der Waals surface area contributed by atoms with Gasteiger partial charge in [-0.2, -0.15) is 18.2 Å². The van der Waals surface area contributed by atoms with Gasteiger partial charge in [0.15, 0.2) is 0 Å². The maximum absolute atomic E-state index is 12.6. The first-order chi connectivity index (χ1) is 13.1. The third kappa shape index (κ3) is 4.21. The lowest BCUT2D eigenvalue weighted by Crippen LogP contribution is -2.34. The number of nitrogens with one attached hydrogen (secondary N) is 2. The maximum atomic E-state index is 12.6. The molecule has 2 N–H and O–H groups in total. The van der Waals surface area contributed by atoms with E-state index in [1.807, 2.05) is 4.90 Å². The monoisotopic (exact) mass is 398 g/mol. The van der Waals surface area contributed by atoms with Crippen molar-refractivity contribution in [3.05, 3.63) is 39.7 Å². The number of piperidine rings is 1. The molecule has 0 spiro atoms. The van der Waals surface area contributed by atoms with E-state index in [-0.39, 0.29) is 11.3 Å². The van der Waals surface area contributed by atoms with Crippen LogP contribution in [-0.4, -0.2) is 39.1 Å². The number of H-pyrrole nitrogens is 1. The van der Waals surface area contributed by atoms with Crippen LogP contribution in [0.3, 0.4) is 0 Å². The molecule has 0 radical (unpaired) electrons. The largest absolute Gasteiger partial charge is 0.451 e. The standard InChI is InChI=1S/C16H17F3N6O3/c1-9-4-6-24(7-5-9)12-3-2-10(25(27)28)8-11(12)13(26)20-15-21-14(22-23-15)16(17,18)19/h2-3,8-9H,4-7H2,1H3,(H2,20,21,22,23,26). The fourth-order valence-electron chi connectivity index (χ4n) is 2.96. The lowest BCUT2D eigenvalue weighted by molar-refractivity contribution is -0.384. The molecule has 1 amide bonds. The number of carbonyl (C=O) groups is 1. The minimum atomic E-state index is -4.74. The number of rotatable bonds is 4. The Morgan fingerprint density at radius 3 is 2.61 bits per heavy atom. The summed E-state index contributed by atoms with van der Waals surface area (Å²) in [5.41, 5.74) is 0.147. The predicted molar refractivity (Wildman–Crippen MR) is 93.0 cm³/mol. The Morgan fingerprint density at radius 2 is 2.04 bits per heavy atom. The SMILES string of the molecule is CC1CCN(c2ccc([N+](=O)[O-])cc2C(=O)Nc2n[nH]c(C(F)(F)F)n2)CC1. The summed E-state index contributed by atoms with van der Waals surface area (Å²) in [6, 6.07) is 3.86. The second-order valence-electron chi connectivity index (χ2n) is 6.59. The van der Waals surface area contributed by atoms with Crippen molar-refractivity contribution in [2.45, 2.75) is 25.9 Å². The highest BCUT2D eigenvalue weighted by molar-refractivity contribution is 6.07. The van der Waals surface area contributed by atoms with Crippen LogP contribution in [0.5, 0.6) is 0 Å². The third-order valence-electron chi connectivity index (χ3n) is 4.54. The van der Waals surface area contributed by atoms with Crippen molar-refractivity contribution < 1.29 is 22.9 Å². The Bertz CT molecular complexity index is 890. The third-order valence-corrected chi connectivity index (χ3v) is 4.54. The number of carbonyl (C=O) groups excluding carboxylic acids is 1. The van der Waals surface area contributed by atoms with Crippen molar-refractivity contribution in [2.24, 2.45) is 5.92 Å². The second-order valence-corrected chi connectivity index (χ2v) is 6.59. The molecule has 1 fully saturated rings. The molecule has 150 valence electrons. The van der Waals surface area contributed by atoms with E-state index in [0.717, 1.165) is 18.9 Å². The molecule has 1 aliphatic heterocycles. The molecule has 1 saturated heterocycles. The van der Waals surface area contributed by atoms with E-state index in [2.05, 4.69) is 22.3 Å². The number of aromatic amines is 1. The zero-order chi connectivity index (χ0) is 20.5. The van der Waals surface area contributed by atoms with Crippen LogP contribution in [0.1, 0.15) is 35.9 Å². The first kappa shape index (κ1) is 19.6. The Labute approximate surface area is 157 Å². The lowest BCUT2D eigenvalue weighted by Gasteiger charge is -2.33. The molecule has 2 aromatic rings. The molecule has 9 nitrogen and oxygen atoms in total. The van der Waals surface area contributed by atoms with Gasteiger partial charge in [-0.3, -0.25) is 25.3 Å².